The van der Waals surface area contributed by atoms with Crippen molar-refractivity contribution < 1.29 is 5.11 Å². The molecule has 0 radical (unpaired) electrons. The number of aliphatic hydroxyl groups is 1. The number of aliphatic hydroxyl groups excluding tert-OH is 1. The van der Waals surface area contributed by atoms with Crippen LogP contribution in [0.2, 0.25) is 0 Å². The molecule has 3 aliphatic carbocycles. The fourth-order valence-corrected chi connectivity index (χ4v) is 5.77. The average molecular weight is 432 g/mol. The third-order valence-electron chi connectivity index (χ3n) is 7.89. The molecular formula is C30H41NO. The summed E-state index contributed by atoms with van der Waals surface area (Å²) in [6.07, 6.45) is 17.6. The second-order valence-corrected chi connectivity index (χ2v) is 10.4. The lowest BCUT2D eigenvalue weighted by molar-refractivity contribution is 0.0329. The number of benzene rings is 1. The van der Waals surface area contributed by atoms with Gasteiger partial charge in [0.25, 0.3) is 0 Å². The maximum absolute atomic E-state index is 10.9. The molecule has 2 N–H and O–H groups in total. The van der Waals surface area contributed by atoms with Gasteiger partial charge in [0.05, 0.1) is 6.10 Å². The van der Waals surface area contributed by atoms with Crippen molar-refractivity contribution in [2.24, 2.45) is 11.3 Å². The molecule has 0 aliphatic heterocycles. The summed E-state index contributed by atoms with van der Waals surface area (Å²) in [5, 5.41) is 14.7. The van der Waals surface area contributed by atoms with E-state index in [0.717, 1.165) is 37.8 Å². The molecule has 1 aromatic rings. The van der Waals surface area contributed by atoms with Crippen molar-refractivity contribution in [2.45, 2.75) is 96.6 Å². The fraction of sp³-hybridized carbons (Fsp3) is 0.600. The minimum Gasteiger partial charge on any atom is -0.392 e. The van der Waals surface area contributed by atoms with Crippen LogP contribution in [0.3, 0.4) is 0 Å². The van der Waals surface area contributed by atoms with Crippen LogP contribution in [0.4, 0.5) is 0 Å². The van der Waals surface area contributed by atoms with Crippen molar-refractivity contribution >= 4 is 6.08 Å². The molecule has 3 aliphatic rings. The van der Waals surface area contributed by atoms with E-state index in [1.165, 1.54) is 61.7 Å². The van der Waals surface area contributed by atoms with Crippen molar-refractivity contribution in [3.8, 4) is 11.8 Å². The van der Waals surface area contributed by atoms with E-state index < -0.39 is 0 Å². The van der Waals surface area contributed by atoms with Crippen LogP contribution in [-0.4, -0.2) is 23.8 Å². The lowest BCUT2D eigenvalue weighted by Gasteiger charge is -2.46. The lowest BCUT2D eigenvalue weighted by atomic mass is 9.62. The number of fused-ring (bicyclic) bond motifs is 1. The quantitative estimate of drug-likeness (QED) is 0.311. The van der Waals surface area contributed by atoms with Crippen LogP contribution in [-0.2, 0) is 0 Å². The zero-order valence-electron chi connectivity index (χ0n) is 20.1. The first-order valence-electron chi connectivity index (χ1n) is 13.0. The first kappa shape index (κ1) is 23.3. The normalized spacial score (nSPS) is 29.7. The van der Waals surface area contributed by atoms with E-state index in [2.05, 4.69) is 67.4 Å². The highest BCUT2D eigenvalue weighted by Gasteiger charge is 2.43. The Labute approximate surface area is 195 Å². The van der Waals surface area contributed by atoms with E-state index in [9.17, 15) is 5.11 Å². The zero-order valence-corrected chi connectivity index (χ0v) is 20.1. The van der Waals surface area contributed by atoms with Gasteiger partial charge in [0.2, 0.25) is 0 Å². The fourth-order valence-electron chi connectivity index (χ4n) is 5.77. The number of rotatable bonds is 5. The Hall–Kier alpha value is -1.82. The highest BCUT2D eigenvalue weighted by molar-refractivity contribution is 5.59. The number of hydrogen-bond acceptors (Lipinski definition) is 2. The maximum Gasteiger partial charge on any atom is 0.0634 e. The van der Waals surface area contributed by atoms with Crippen LogP contribution in [0.15, 0.2) is 41.5 Å². The van der Waals surface area contributed by atoms with Gasteiger partial charge in [0, 0.05) is 22.9 Å². The highest BCUT2D eigenvalue weighted by atomic mass is 16.3. The second-order valence-electron chi connectivity index (χ2n) is 10.4. The van der Waals surface area contributed by atoms with Gasteiger partial charge in [-0.25, -0.2) is 0 Å². The van der Waals surface area contributed by atoms with Crippen LogP contribution < -0.4 is 5.32 Å². The van der Waals surface area contributed by atoms with Gasteiger partial charge in [-0.2, -0.15) is 0 Å². The Balaban J connectivity index is 1.58. The summed E-state index contributed by atoms with van der Waals surface area (Å²) in [7, 11) is 0. The number of hydrogen-bond donors (Lipinski definition) is 2. The molecule has 0 bridgehead atoms. The Morgan fingerprint density at radius 2 is 2.00 bits per heavy atom. The second kappa shape index (κ2) is 10.9. The molecule has 2 nitrogen and oxygen atoms in total. The predicted molar refractivity (Wildman–Crippen MR) is 135 cm³/mol. The molecule has 172 valence electrons. The third-order valence-corrected chi connectivity index (χ3v) is 7.89. The molecular weight excluding hydrogens is 390 g/mol. The summed E-state index contributed by atoms with van der Waals surface area (Å²) in [6, 6.07) is 8.98. The molecule has 0 spiro atoms. The van der Waals surface area contributed by atoms with Gasteiger partial charge >= 0.3 is 0 Å². The van der Waals surface area contributed by atoms with Gasteiger partial charge in [-0.05, 0) is 74.8 Å². The van der Waals surface area contributed by atoms with Crippen molar-refractivity contribution in [1.29, 1.82) is 0 Å². The van der Waals surface area contributed by atoms with E-state index in [4.69, 9.17) is 0 Å². The van der Waals surface area contributed by atoms with Crippen LogP contribution in [0.5, 0.6) is 0 Å². The van der Waals surface area contributed by atoms with Crippen LogP contribution in [0.1, 0.15) is 95.6 Å². The summed E-state index contributed by atoms with van der Waals surface area (Å²) in [6.45, 7) is 5.55. The first-order valence-corrected chi connectivity index (χ1v) is 13.0. The molecule has 4 rings (SSSR count). The topological polar surface area (TPSA) is 32.3 Å². The zero-order chi connectivity index (χ0) is 22.4. The van der Waals surface area contributed by atoms with Crippen LogP contribution in [0, 0.1) is 23.2 Å². The summed E-state index contributed by atoms with van der Waals surface area (Å²) < 4.78 is 0. The smallest absolute Gasteiger partial charge is 0.0634 e. The molecule has 32 heavy (non-hydrogen) atoms. The molecule has 1 aromatic carbocycles. The minimum atomic E-state index is -0.241. The Morgan fingerprint density at radius 3 is 2.81 bits per heavy atom. The summed E-state index contributed by atoms with van der Waals surface area (Å²) >= 11 is 0. The van der Waals surface area contributed by atoms with E-state index in [1.807, 2.05) is 0 Å². The van der Waals surface area contributed by atoms with E-state index in [-0.39, 0.29) is 17.6 Å². The highest BCUT2D eigenvalue weighted by Crippen LogP contribution is 2.49. The van der Waals surface area contributed by atoms with Crippen molar-refractivity contribution in [3.63, 3.8) is 0 Å². The molecule has 2 fully saturated rings. The summed E-state index contributed by atoms with van der Waals surface area (Å²) in [5.41, 5.74) is 5.07. The molecule has 0 heterocycles. The Bertz CT molecular complexity index is 895. The monoisotopic (exact) mass is 431 g/mol. The standard InChI is InChI=1S/C30H41NO/c1-3-4-18-31-28-21-27-14-9-15-29(32)30(27,2)22-26(28)20-25-13-8-12-24(19-25)17-16-23-10-6-5-7-11-23/h8,12-13,19-21,23,28-29,31-32H,3-7,9-11,14-15,18,22H2,1-2H3/b26-20+/t28?,29-,30-/m0/s1. The van der Waals surface area contributed by atoms with Crippen LogP contribution in [0.25, 0.3) is 6.08 Å². The van der Waals surface area contributed by atoms with E-state index in [1.54, 1.807) is 0 Å². The number of nitrogens with one attached hydrogen (secondary N) is 1. The lowest BCUT2D eigenvalue weighted by Crippen LogP contribution is -2.45. The largest absolute Gasteiger partial charge is 0.392 e. The molecule has 2 heteroatoms. The predicted octanol–water partition coefficient (Wildman–Crippen LogP) is 6.64. The molecule has 0 amide bonds. The molecule has 0 saturated heterocycles. The Kier molecular flexibility index (Phi) is 7.93. The number of unbranched alkanes of at least 4 members (excludes halogenated alkanes) is 1. The van der Waals surface area contributed by atoms with Crippen LogP contribution >= 0.6 is 0 Å². The van der Waals surface area contributed by atoms with Gasteiger partial charge in [-0.15, -0.1) is 0 Å². The van der Waals surface area contributed by atoms with Gasteiger partial charge < -0.3 is 10.4 Å². The van der Waals surface area contributed by atoms with Crippen molar-refractivity contribution in [1.82, 2.24) is 5.32 Å². The van der Waals surface area contributed by atoms with Gasteiger partial charge in [0.15, 0.2) is 0 Å². The third kappa shape index (κ3) is 5.56. The van der Waals surface area contributed by atoms with E-state index in [0.29, 0.717) is 5.92 Å². The SMILES string of the molecule is CCCCNC1C=C2CCC[C@H](O)[C@@]2(C)C/C1=C\c1cccc(C#CC2CCCCC2)c1. The van der Waals surface area contributed by atoms with Crippen molar-refractivity contribution in [3.05, 3.63) is 52.6 Å². The summed E-state index contributed by atoms with van der Waals surface area (Å²) in [5.74, 6) is 7.57. The average Bonchev–Trinajstić information content (AvgIpc) is 2.80. The van der Waals surface area contributed by atoms with Gasteiger partial charge in [-0.1, -0.05) is 81.2 Å². The summed E-state index contributed by atoms with van der Waals surface area (Å²) in [4.78, 5) is 0. The Morgan fingerprint density at radius 1 is 1.16 bits per heavy atom. The molecule has 1 unspecified atom stereocenters. The molecule has 2 saturated carbocycles. The van der Waals surface area contributed by atoms with Gasteiger partial charge in [-0.3, -0.25) is 0 Å². The molecule has 0 aromatic heterocycles. The minimum absolute atomic E-state index is 0.120. The van der Waals surface area contributed by atoms with Crippen molar-refractivity contribution in [2.75, 3.05) is 6.54 Å². The molecule has 3 atom stereocenters. The maximum atomic E-state index is 10.9. The first-order chi connectivity index (χ1) is 15.6. The van der Waals surface area contributed by atoms with Gasteiger partial charge in [0.1, 0.15) is 0 Å². The van der Waals surface area contributed by atoms with E-state index >= 15 is 0 Å².